The molecule has 0 aromatic carbocycles. The minimum absolute atomic E-state index is 0.224. The predicted molar refractivity (Wildman–Crippen MR) is 51.5 cm³/mol. The average Bonchev–Trinajstić information content (AvgIpc) is 2.78. The van der Waals surface area contributed by atoms with Gasteiger partial charge in [0.15, 0.2) is 0 Å². The normalized spacial score (nSPS) is 12.7. The highest BCUT2D eigenvalue weighted by molar-refractivity contribution is 5.52. The lowest BCUT2D eigenvalue weighted by Crippen LogP contribution is -2.14. The molecule has 0 fully saturated rings. The first kappa shape index (κ1) is 9.75. The Labute approximate surface area is 85.8 Å². The second-order valence-electron chi connectivity index (χ2n) is 2.98. The first-order valence-electron chi connectivity index (χ1n) is 4.41. The molecule has 0 saturated heterocycles. The summed E-state index contributed by atoms with van der Waals surface area (Å²) in [6.45, 7) is -0.224. The summed E-state index contributed by atoms with van der Waals surface area (Å²) in [5.41, 5.74) is 6.32. The zero-order chi connectivity index (χ0) is 10.7. The van der Waals surface area contributed by atoms with E-state index in [-0.39, 0.29) is 12.5 Å². The van der Waals surface area contributed by atoms with Gasteiger partial charge >= 0.3 is 0 Å². The molecule has 0 spiro atoms. The van der Waals surface area contributed by atoms with Crippen molar-refractivity contribution in [1.82, 2.24) is 15.1 Å². The van der Waals surface area contributed by atoms with Crippen molar-refractivity contribution in [2.75, 3.05) is 6.61 Å². The standard InChI is InChI=1S/C9H10N4O2/c10-7(5-14)9-12-8(13-15-9)6-1-3-11-4-2-6/h1-4,7,14H,5,10H2. The van der Waals surface area contributed by atoms with E-state index in [4.69, 9.17) is 15.4 Å². The second-order valence-corrected chi connectivity index (χ2v) is 2.98. The maximum Gasteiger partial charge on any atom is 0.246 e. The highest BCUT2D eigenvalue weighted by Crippen LogP contribution is 2.16. The molecular formula is C9H10N4O2. The lowest BCUT2D eigenvalue weighted by molar-refractivity contribution is 0.237. The number of pyridine rings is 1. The molecule has 0 bridgehead atoms. The van der Waals surface area contributed by atoms with Crippen LogP contribution in [0.15, 0.2) is 29.0 Å². The molecule has 1 unspecified atom stereocenters. The summed E-state index contributed by atoms with van der Waals surface area (Å²) in [6.07, 6.45) is 3.27. The molecule has 6 nitrogen and oxygen atoms in total. The Balaban J connectivity index is 2.28. The van der Waals surface area contributed by atoms with Crippen LogP contribution in [-0.4, -0.2) is 26.8 Å². The van der Waals surface area contributed by atoms with Crippen molar-refractivity contribution >= 4 is 0 Å². The number of aliphatic hydroxyl groups excluding tert-OH is 1. The molecule has 2 aromatic rings. The summed E-state index contributed by atoms with van der Waals surface area (Å²) in [7, 11) is 0. The lowest BCUT2D eigenvalue weighted by Gasteiger charge is -1.98. The highest BCUT2D eigenvalue weighted by atomic mass is 16.5. The van der Waals surface area contributed by atoms with Gasteiger partial charge in [0.05, 0.1) is 6.61 Å². The van der Waals surface area contributed by atoms with E-state index in [1.165, 1.54) is 0 Å². The van der Waals surface area contributed by atoms with E-state index in [1.807, 2.05) is 0 Å². The van der Waals surface area contributed by atoms with Crippen LogP contribution in [-0.2, 0) is 0 Å². The van der Waals surface area contributed by atoms with E-state index in [9.17, 15) is 0 Å². The van der Waals surface area contributed by atoms with E-state index in [2.05, 4.69) is 15.1 Å². The van der Waals surface area contributed by atoms with Gasteiger partial charge in [-0.25, -0.2) is 0 Å². The van der Waals surface area contributed by atoms with Crippen molar-refractivity contribution < 1.29 is 9.63 Å². The topological polar surface area (TPSA) is 98.1 Å². The Morgan fingerprint density at radius 1 is 1.40 bits per heavy atom. The maximum atomic E-state index is 8.81. The first-order chi connectivity index (χ1) is 7.31. The summed E-state index contributed by atoms with van der Waals surface area (Å²) >= 11 is 0. The van der Waals surface area contributed by atoms with Crippen molar-refractivity contribution in [1.29, 1.82) is 0 Å². The van der Waals surface area contributed by atoms with E-state index >= 15 is 0 Å². The van der Waals surface area contributed by atoms with Crippen LogP contribution in [0.25, 0.3) is 11.4 Å². The van der Waals surface area contributed by atoms with Gasteiger partial charge in [0.25, 0.3) is 0 Å². The largest absolute Gasteiger partial charge is 0.394 e. The van der Waals surface area contributed by atoms with E-state index < -0.39 is 6.04 Å². The number of nitrogens with two attached hydrogens (primary N) is 1. The maximum absolute atomic E-state index is 8.81. The number of rotatable bonds is 3. The van der Waals surface area contributed by atoms with Crippen LogP contribution in [0, 0.1) is 0 Å². The Hall–Kier alpha value is -1.79. The number of nitrogens with zero attached hydrogens (tertiary/aromatic N) is 3. The summed E-state index contributed by atoms with van der Waals surface area (Å²) in [4.78, 5) is 7.94. The molecule has 2 heterocycles. The van der Waals surface area contributed by atoms with Crippen LogP contribution < -0.4 is 5.73 Å². The fourth-order valence-corrected chi connectivity index (χ4v) is 1.08. The molecule has 15 heavy (non-hydrogen) atoms. The van der Waals surface area contributed by atoms with Gasteiger partial charge in [-0.2, -0.15) is 4.98 Å². The van der Waals surface area contributed by atoms with Gasteiger partial charge < -0.3 is 15.4 Å². The van der Waals surface area contributed by atoms with Gasteiger partial charge in [-0.15, -0.1) is 0 Å². The van der Waals surface area contributed by atoms with Crippen LogP contribution in [0.2, 0.25) is 0 Å². The van der Waals surface area contributed by atoms with Crippen LogP contribution in [0.5, 0.6) is 0 Å². The third-order valence-corrected chi connectivity index (χ3v) is 1.89. The third kappa shape index (κ3) is 2.00. The fraction of sp³-hybridized carbons (Fsp3) is 0.222. The molecule has 0 saturated carbocycles. The van der Waals surface area contributed by atoms with Gasteiger partial charge in [-0.05, 0) is 12.1 Å². The van der Waals surface area contributed by atoms with E-state index in [0.29, 0.717) is 5.82 Å². The summed E-state index contributed by atoms with van der Waals surface area (Å²) in [5.74, 6) is 0.667. The first-order valence-corrected chi connectivity index (χ1v) is 4.41. The van der Waals surface area contributed by atoms with Crippen molar-refractivity contribution in [3.63, 3.8) is 0 Å². The Kier molecular flexibility index (Phi) is 2.70. The number of aromatic nitrogens is 3. The van der Waals surface area contributed by atoms with Gasteiger partial charge in [0.2, 0.25) is 11.7 Å². The molecule has 0 aliphatic carbocycles. The van der Waals surface area contributed by atoms with Crippen LogP contribution in [0.1, 0.15) is 11.9 Å². The number of aliphatic hydroxyl groups is 1. The van der Waals surface area contributed by atoms with Gasteiger partial charge in [0.1, 0.15) is 6.04 Å². The van der Waals surface area contributed by atoms with Crippen molar-refractivity contribution in [2.24, 2.45) is 5.73 Å². The third-order valence-electron chi connectivity index (χ3n) is 1.89. The van der Waals surface area contributed by atoms with Crippen LogP contribution in [0.4, 0.5) is 0 Å². The molecule has 3 N–H and O–H groups in total. The Morgan fingerprint density at radius 2 is 2.13 bits per heavy atom. The molecule has 0 aliphatic heterocycles. The van der Waals surface area contributed by atoms with Crippen LogP contribution in [0.3, 0.4) is 0 Å². The second kappa shape index (κ2) is 4.16. The Bertz CT molecular complexity index is 429. The summed E-state index contributed by atoms with van der Waals surface area (Å²) in [6, 6.07) is 2.89. The molecule has 78 valence electrons. The van der Waals surface area contributed by atoms with E-state index in [1.54, 1.807) is 24.5 Å². The summed E-state index contributed by atoms with van der Waals surface area (Å²) in [5, 5.41) is 12.6. The lowest BCUT2D eigenvalue weighted by atomic mass is 10.2. The minimum Gasteiger partial charge on any atom is -0.394 e. The molecule has 0 radical (unpaired) electrons. The van der Waals surface area contributed by atoms with Crippen molar-refractivity contribution in [3.8, 4) is 11.4 Å². The van der Waals surface area contributed by atoms with Gasteiger partial charge in [0, 0.05) is 18.0 Å². The monoisotopic (exact) mass is 206 g/mol. The quantitative estimate of drug-likeness (QED) is 0.740. The average molecular weight is 206 g/mol. The molecule has 2 rings (SSSR count). The van der Waals surface area contributed by atoms with Crippen molar-refractivity contribution in [3.05, 3.63) is 30.4 Å². The highest BCUT2D eigenvalue weighted by Gasteiger charge is 2.14. The van der Waals surface area contributed by atoms with Gasteiger partial charge in [-0.1, -0.05) is 5.16 Å². The van der Waals surface area contributed by atoms with Crippen molar-refractivity contribution in [2.45, 2.75) is 6.04 Å². The fourth-order valence-electron chi connectivity index (χ4n) is 1.08. The predicted octanol–water partition coefficient (Wildman–Crippen LogP) is 0.124. The van der Waals surface area contributed by atoms with Gasteiger partial charge in [-0.3, -0.25) is 4.98 Å². The zero-order valence-electron chi connectivity index (χ0n) is 7.87. The van der Waals surface area contributed by atoms with Crippen LogP contribution >= 0.6 is 0 Å². The van der Waals surface area contributed by atoms with E-state index in [0.717, 1.165) is 5.56 Å². The zero-order valence-corrected chi connectivity index (χ0v) is 7.87. The smallest absolute Gasteiger partial charge is 0.246 e. The minimum atomic E-state index is -0.631. The number of hydrogen-bond donors (Lipinski definition) is 2. The molecular weight excluding hydrogens is 196 g/mol. The summed E-state index contributed by atoms with van der Waals surface area (Å²) < 4.78 is 4.91. The number of hydrogen-bond acceptors (Lipinski definition) is 6. The SMILES string of the molecule is NC(CO)c1nc(-c2ccncc2)no1. The molecule has 0 amide bonds. The molecule has 6 heteroatoms. The Morgan fingerprint density at radius 3 is 2.80 bits per heavy atom. The molecule has 0 aliphatic rings. The molecule has 1 atom stereocenters. The molecule has 2 aromatic heterocycles.